The fourth-order valence-electron chi connectivity index (χ4n) is 1.77. The normalized spacial score (nSPS) is 11.2. The molecule has 0 atom stereocenters. The Labute approximate surface area is 122 Å². The van der Waals surface area contributed by atoms with Crippen LogP contribution < -0.4 is 19.9 Å². The average Bonchev–Trinajstić information content (AvgIpc) is 2.78. The van der Waals surface area contributed by atoms with Gasteiger partial charge in [0.25, 0.3) is 10.0 Å². The van der Waals surface area contributed by atoms with Crippen molar-refractivity contribution in [2.24, 2.45) is 7.05 Å². The largest absolute Gasteiger partial charge is 0.497 e. The number of nitrogen functional groups attached to an aromatic ring is 1. The van der Waals surface area contributed by atoms with E-state index < -0.39 is 10.0 Å². The van der Waals surface area contributed by atoms with E-state index in [1.807, 2.05) is 0 Å². The first-order valence-corrected chi connectivity index (χ1v) is 7.39. The third-order valence-electron chi connectivity index (χ3n) is 2.76. The van der Waals surface area contributed by atoms with E-state index >= 15 is 0 Å². The van der Waals surface area contributed by atoms with Gasteiger partial charge in [-0.3, -0.25) is 9.40 Å². The standard InChI is InChI=1S/C12H16N4O4S/c1-16-7-11(12(13)14-16)21(17,18)15-9-5-4-8(19-2)6-10(9)20-3/h4-7,15H,1-3H3,(H2,13,14). The minimum absolute atomic E-state index is 0.0718. The summed E-state index contributed by atoms with van der Waals surface area (Å²) in [6.45, 7) is 0. The van der Waals surface area contributed by atoms with Crippen LogP contribution in [-0.4, -0.2) is 32.4 Å². The topological polar surface area (TPSA) is 108 Å². The molecule has 8 nitrogen and oxygen atoms in total. The number of nitrogens with zero attached hydrogens (tertiary/aromatic N) is 2. The molecule has 3 N–H and O–H groups in total. The fraction of sp³-hybridized carbons (Fsp3) is 0.250. The number of aromatic nitrogens is 2. The van der Waals surface area contributed by atoms with Crippen molar-refractivity contribution in [3.63, 3.8) is 0 Å². The second-order valence-electron chi connectivity index (χ2n) is 4.22. The molecule has 0 fully saturated rings. The van der Waals surface area contributed by atoms with Gasteiger partial charge in [0.05, 0.1) is 19.9 Å². The molecule has 0 bridgehead atoms. The van der Waals surface area contributed by atoms with Gasteiger partial charge in [0.2, 0.25) is 0 Å². The Bertz CT molecular complexity index is 755. The highest BCUT2D eigenvalue weighted by Gasteiger charge is 2.22. The summed E-state index contributed by atoms with van der Waals surface area (Å²) in [5.74, 6) is 0.813. The number of hydrogen-bond acceptors (Lipinski definition) is 6. The van der Waals surface area contributed by atoms with Gasteiger partial charge < -0.3 is 15.2 Å². The van der Waals surface area contributed by atoms with Crippen LogP contribution in [0, 0.1) is 0 Å². The quantitative estimate of drug-likeness (QED) is 0.846. The molecule has 1 aromatic heterocycles. The van der Waals surface area contributed by atoms with Gasteiger partial charge in [-0.2, -0.15) is 5.10 Å². The average molecular weight is 312 g/mol. The molecule has 1 aromatic carbocycles. The van der Waals surface area contributed by atoms with Crippen LogP contribution in [0.25, 0.3) is 0 Å². The SMILES string of the molecule is COc1ccc(NS(=O)(=O)c2cn(C)nc2N)c(OC)c1. The molecule has 21 heavy (non-hydrogen) atoms. The maximum atomic E-state index is 12.3. The van der Waals surface area contributed by atoms with Gasteiger partial charge in [0, 0.05) is 19.3 Å². The van der Waals surface area contributed by atoms with E-state index in [4.69, 9.17) is 15.2 Å². The summed E-state index contributed by atoms with van der Waals surface area (Å²) in [5.41, 5.74) is 5.87. The molecule has 2 aromatic rings. The Kier molecular flexibility index (Phi) is 3.94. The van der Waals surface area contributed by atoms with Gasteiger partial charge in [-0.1, -0.05) is 0 Å². The van der Waals surface area contributed by atoms with E-state index in [1.54, 1.807) is 25.2 Å². The maximum absolute atomic E-state index is 12.3. The summed E-state index contributed by atoms with van der Waals surface area (Å²) in [6.07, 6.45) is 1.33. The van der Waals surface area contributed by atoms with Crippen LogP contribution in [0.4, 0.5) is 11.5 Å². The van der Waals surface area contributed by atoms with Crippen molar-refractivity contribution in [1.29, 1.82) is 0 Å². The minimum atomic E-state index is -3.85. The Balaban J connectivity index is 2.39. The molecule has 0 unspecified atom stereocenters. The molecule has 114 valence electrons. The number of nitrogens with two attached hydrogens (primary N) is 1. The molecular weight excluding hydrogens is 296 g/mol. The van der Waals surface area contributed by atoms with Crippen molar-refractivity contribution in [3.05, 3.63) is 24.4 Å². The summed E-state index contributed by atoms with van der Waals surface area (Å²) in [4.78, 5) is -0.0946. The molecule has 0 saturated carbocycles. The number of rotatable bonds is 5. The van der Waals surface area contributed by atoms with E-state index in [0.29, 0.717) is 11.5 Å². The highest BCUT2D eigenvalue weighted by molar-refractivity contribution is 7.92. The highest BCUT2D eigenvalue weighted by Crippen LogP contribution is 2.31. The number of methoxy groups -OCH3 is 2. The summed E-state index contributed by atoms with van der Waals surface area (Å²) < 4.78 is 38.6. The van der Waals surface area contributed by atoms with E-state index in [1.165, 1.54) is 25.1 Å². The van der Waals surface area contributed by atoms with Crippen LogP contribution in [0.1, 0.15) is 0 Å². The molecule has 0 aliphatic rings. The second-order valence-corrected chi connectivity index (χ2v) is 5.87. The van der Waals surface area contributed by atoms with Crippen LogP contribution in [0.2, 0.25) is 0 Å². The van der Waals surface area contributed by atoms with E-state index in [2.05, 4.69) is 9.82 Å². The Morgan fingerprint density at radius 2 is 2.00 bits per heavy atom. The van der Waals surface area contributed by atoms with E-state index in [0.717, 1.165) is 0 Å². The van der Waals surface area contributed by atoms with E-state index in [9.17, 15) is 8.42 Å². The Morgan fingerprint density at radius 3 is 2.52 bits per heavy atom. The lowest BCUT2D eigenvalue weighted by molar-refractivity contribution is 0.395. The summed E-state index contributed by atoms with van der Waals surface area (Å²) in [6, 6.07) is 4.74. The Hall–Kier alpha value is -2.42. The Morgan fingerprint density at radius 1 is 1.29 bits per heavy atom. The number of aryl methyl sites for hydroxylation is 1. The van der Waals surface area contributed by atoms with Gasteiger partial charge in [0.15, 0.2) is 5.82 Å². The van der Waals surface area contributed by atoms with Crippen LogP contribution in [0.5, 0.6) is 11.5 Å². The molecule has 0 radical (unpaired) electrons. The lowest BCUT2D eigenvalue weighted by atomic mass is 10.3. The molecule has 0 amide bonds. The molecule has 2 rings (SSSR count). The summed E-state index contributed by atoms with van der Waals surface area (Å²) in [5, 5.41) is 3.81. The number of hydrogen-bond donors (Lipinski definition) is 2. The van der Waals surface area contributed by atoms with Crippen molar-refractivity contribution in [3.8, 4) is 11.5 Å². The zero-order chi connectivity index (χ0) is 15.6. The van der Waals surface area contributed by atoms with E-state index in [-0.39, 0.29) is 16.4 Å². The molecular formula is C12H16N4O4S. The van der Waals surface area contributed by atoms with Crippen LogP contribution in [0.15, 0.2) is 29.3 Å². The first-order valence-electron chi connectivity index (χ1n) is 5.91. The predicted molar refractivity (Wildman–Crippen MR) is 78.0 cm³/mol. The predicted octanol–water partition coefficient (Wildman–Crippen LogP) is 0.820. The summed E-state index contributed by atoms with van der Waals surface area (Å²) >= 11 is 0. The van der Waals surface area contributed by atoms with Gasteiger partial charge in [-0.25, -0.2) is 8.42 Å². The lowest BCUT2D eigenvalue weighted by Crippen LogP contribution is -2.14. The number of anilines is 2. The monoisotopic (exact) mass is 312 g/mol. The number of sulfonamides is 1. The zero-order valence-corrected chi connectivity index (χ0v) is 12.6. The van der Waals surface area contributed by atoms with Crippen molar-refractivity contribution in [2.45, 2.75) is 4.90 Å². The maximum Gasteiger partial charge on any atom is 0.267 e. The highest BCUT2D eigenvalue weighted by atomic mass is 32.2. The lowest BCUT2D eigenvalue weighted by Gasteiger charge is -2.12. The second kappa shape index (κ2) is 5.52. The number of nitrogens with one attached hydrogen (secondary N) is 1. The molecule has 9 heteroatoms. The number of benzene rings is 1. The van der Waals surface area contributed by atoms with Crippen molar-refractivity contribution in [1.82, 2.24) is 9.78 Å². The van der Waals surface area contributed by atoms with Crippen molar-refractivity contribution >= 4 is 21.5 Å². The zero-order valence-electron chi connectivity index (χ0n) is 11.8. The van der Waals surface area contributed by atoms with Gasteiger partial charge >= 0.3 is 0 Å². The molecule has 0 aliphatic carbocycles. The van der Waals surface area contributed by atoms with Gasteiger partial charge in [-0.05, 0) is 12.1 Å². The van der Waals surface area contributed by atoms with Crippen LogP contribution >= 0.6 is 0 Å². The molecule has 1 heterocycles. The number of ether oxygens (including phenoxy) is 2. The van der Waals surface area contributed by atoms with Gasteiger partial charge in [0.1, 0.15) is 16.4 Å². The van der Waals surface area contributed by atoms with Crippen LogP contribution in [0.3, 0.4) is 0 Å². The third kappa shape index (κ3) is 3.02. The van der Waals surface area contributed by atoms with Crippen molar-refractivity contribution < 1.29 is 17.9 Å². The molecule has 0 aliphatic heterocycles. The minimum Gasteiger partial charge on any atom is -0.497 e. The van der Waals surface area contributed by atoms with Crippen molar-refractivity contribution in [2.75, 3.05) is 24.7 Å². The molecule has 0 spiro atoms. The van der Waals surface area contributed by atoms with Crippen LogP contribution in [-0.2, 0) is 17.1 Å². The first kappa shape index (κ1) is 15.0. The summed E-state index contributed by atoms with van der Waals surface area (Å²) in [7, 11) is 0.677. The third-order valence-corrected chi connectivity index (χ3v) is 4.15. The smallest absolute Gasteiger partial charge is 0.267 e. The fourth-order valence-corrected chi connectivity index (χ4v) is 2.95. The molecule has 0 saturated heterocycles. The first-order chi connectivity index (χ1) is 9.87. The van der Waals surface area contributed by atoms with Gasteiger partial charge in [-0.15, -0.1) is 0 Å².